The highest BCUT2D eigenvalue weighted by Gasteiger charge is 2.20. The molecule has 6 heteroatoms. The molecule has 1 saturated heterocycles. The number of hydrogen-bond acceptors (Lipinski definition) is 5. The van der Waals surface area contributed by atoms with Gasteiger partial charge in [-0.3, -0.25) is 0 Å². The van der Waals surface area contributed by atoms with E-state index >= 15 is 0 Å². The van der Waals surface area contributed by atoms with E-state index in [0.29, 0.717) is 4.90 Å². The maximum atomic E-state index is 12.1. The van der Waals surface area contributed by atoms with Crippen molar-refractivity contribution in [3.63, 3.8) is 0 Å². The summed E-state index contributed by atoms with van der Waals surface area (Å²) >= 11 is 0. The monoisotopic (exact) mass is 409 g/mol. The number of piperazine rings is 1. The molecule has 0 unspecified atom stereocenters. The molecule has 1 fully saturated rings. The van der Waals surface area contributed by atoms with Crippen LogP contribution in [0.5, 0.6) is 0 Å². The van der Waals surface area contributed by atoms with Crippen molar-refractivity contribution in [2.75, 3.05) is 43.4 Å². The van der Waals surface area contributed by atoms with Crippen LogP contribution in [-0.2, 0) is 9.84 Å². The van der Waals surface area contributed by atoms with E-state index in [1.807, 2.05) is 18.2 Å². The number of nitrogens with zero attached hydrogens (tertiary/aromatic N) is 3. The van der Waals surface area contributed by atoms with Crippen LogP contribution in [0, 0.1) is 0 Å². The van der Waals surface area contributed by atoms with Crippen LogP contribution in [0.4, 0.5) is 5.82 Å². The molecular formula is C23H27N3O2S. The molecule has 29 heavy (non-hydrogen) atoms. The van der Waals surface area contributed by atoms with Crippen LogP contribution in [0.25, 0.3) is 22.0 Å². The molecule has 0 bridgehead atoms. The minimum Gasteiger partial charge on any atom is -0.354 e. The van der Waals surface area contributed by atoms with Gasteiger partial charge in [0.2, 0.25) is 0 Å². The topological polar surface area (TPSA) is 53.5 Å². The normalized spacial score (nSPS) is 15.7. The molecule has 5 nitrogen and oxygen atoms in total. The van der Waals surface area contributed by atoms with Gasteiger partial charge >= 0.3 is 0 Å². The second-order valence-electron chi connectivity index (χ2n) is 7.40. The summed E-state index contributed by atoms with van der Waals surface area (Å²) in [5.74, 6) is 1.12. The standard InChI is InChI=1S/C23H27N3O2S/c1-3-25-13-15-26(16-14-25)23-21-8-6-5-7-19(21)17-22(24-23)18-9-11-20(12-10-18)29(27,28)4-2/h5-12,17H,3-4,13-16H2,1-2H3. The number of rotatable bonds is 5. The van der Waals surface area contributed by atoms with Crippen molar-refractivity contribution in [1.82, 2.24) is 9.88 Å². The van der Waals surface area contributed by atoms with Crippen molar-refractivity contribution in [1.29, 1.82) is 0 Å². The Morgan fingerprint density at radius 3 is 2.28 bits per heavy atom. The molecule has 0 saturated carbocycles. The summed E-state index contributed by atoms with van der Waals surface area (Å²) in [7, 11) is -3.20. The largest absolute Gasteiger partial charge is 0.354 e. The number of anilines is 1. The highest BCUT2D eigenvalue weighted by atomic mass is 32.2. The first kappa shape index (κ1) is 19.9. The number of benzene rings is 2. The Hall–Kier alpha value is -2.44. The van der Waals surface area contributed by atoms with Gasteiger partial charge in [-0.25, -0.2) is 13.4 Å². The number of aromatic nitrogens is 1. The van der Waals surface area contributed by atoms with Gasteiger partial charge in [-0.2, -0.15) is 0 Å². The third kappa shape index (κ3) is 4.00. The van der Waals surface area contributed by atoms with E-state index in [2.05, 4.69) is 41.0 Å². The van der Waals surface area contributed by atoms with Gasteiger partial charge in [0.05, 0.1) is 16.3 Å². The molecule has 0 amide bonds. The molecule has 0 atom stereocenters. The van der Waals surface area contributed by atoms with Gasteiger partial charge in [0.15, 0.2) is 9.84 Å². The second-order valence-corrected chi connectivity index (χ2v) is 9.68. The van der Waals surface area contributed by atoms with Gasteiger partial charge in [0.25, 0.3) is 0 Å². The average molecular weight is 410 g/mol. The lowest BCUT2D eigenvalue weighted by molar-refractivity contribution is 0.271. The number of hydrogen-bond donors (Lipinski definition) is 0. The van der Waals surface area contributed by atoms with Gasteiger partial charge < -0.3 is 9.80 Å². The van der Waals surface area contributed by atoms with Crippen molar-refractivity contribution in [2.45, 2.75) is 18.7 Å². The van der Waals surface area contributed by atoms with E-state index in [1.54, 1.807) is 19.1 Å². The fraction of sp³-hybridized carbons (Fsp3) is 0.348. The minimum atomic E-state index is -3.20. The molecule has 4 rings (SSSR count). The summed E-state index contributed by atoms with van der Waals surface area (Å²) in [4.78, 5) is 10.2. The Labute approximate surface area is 172 Å². The lowest BCUT2D eigenvalue weighted by atomic mass is 10.1. The zero-order chi connectivity index (χ0) is 20.4. The zero-order valence-electron chi connectivity index (χ0n) is 17.0. The van der Waals surface area contributed by atoms with Crippen molar-refractivity contribution in [3.05, 3.63) is 54.6 Å². The summed E-state index contributed by atoms with van der Waals surface area (Å²) in [6.45, 7) is 8.95. The first-order valence-corrected chi connectivity index (χ1v) is 11.9. The summed E-state index contributed by atoms with van der Waals surface area (Å²) in [5.41, 5.74) is 1.80. The summed E-state index contributed by atoms with van der Waals surface area (Å²) in [6.07, 6.45) is 0. The van der Waals surface area contributed by atoms with Crippen molar-refractivity contribution in [3.8, 4) is 11.3 Å². The average Bonchev–Trinajstić information content (AvgIpc) is 2.78. The molecule has 2 aromatic carbocycles. The Kier molecular flexibility index (Phi) is 5.56. The first-order chi connectivity index (χ1) is 14.0. The molecule has 152 valence electrons. The SMILES string of the molecule is CCN1CCN(c2nc(-c3ccc(S(=O)(=O)CC)cc3)cc3ccccc23)CC1. The number of fused-ring (bicyclic) bond motifs is 1. The van der Waals surface area contributed by atoms with Gasteiger partial charge in [0, 0.05) is 37.1 Å². The minimum absolute atomic E-state index is 0.106. The van der Waals surface area contributed by atoms with E-state index in [1.165, 1.54) is 0 Å². The molecule has 0 spiro atoms. The number of likely N-dealkylation sites (N-methyl/N-ethyl adjacent to an activating group) is 1. The smallest absolute Gasteiger partial charge is 0.178 e. The van der Waals surface area contributed by atoms with Gasteiger partial charge in [-0.05, 0) is 30.1 Å². The van der Waals surface area contributed by atoms with E-state index in [4.69, 9.17) is 4.98 Å². The molecule has 3 aromatic rings. The van der Waals surface area contributed by atoms with Crippen LogP contribution in [0.1, 0.15) is 13.8 Å². The van der Waals surface area contributed by atoms with Gasteiger partial charge in [0.1, 0.15) is 5.82 Å². The zero-order valence-corrected chi connectivity index (χ0v) is 17.8. The maximum Gasteiger partial charge on any atom is 0.178 e. The molecule has 0 radical (unpaired) electrons. The van der Waals surface area contributed by atoms with Crippen molar-refractivity contribution in [2.24, 2.45) is 0 Å². The lowest BCUT2D eigenvalue weighted by Gasteiger charge is -2.35. The highest BCUT2D eigenvalue weighted by Crippen LogP contribution is 2.31. The third-order valence-corrected chi connectivity index (χ3v) is 7.48. The Bertz CT molecular complexity index is 1100. The van der Waals surface area contributed by atoms with Gasteiger partial charge in [-0.15, -0.1) is 0 Å². The molecule has 1 aliphatic rings. The molecule has 0 N–H and O–H groups in total. The number of sulfone groups is 1. The molecule has 2 heterocycles. The molecule has 1 aromatic heterocycles. The third-order valence-electron chi connectivity index (χ3n) is 5.73. The summed E-state index contributed by atoms with van der Waals surface area (Å²) in [5, 5.41) is 2.31. The van der Waals surface area contributed by atoms with E-state index in [0.717, 1.165) is 60.6 Å². The predicted molar refractivity (Wildman–Crippen MR) is 119 cm³/mol. The van der Waals surface area contributed by atoms with Crippen molar-refractivity contribution < 1.29 is 8.42 Å². The van der Waals surface area contributed by atoms with Crippen LogP contribution in [0.3, 0.4) is 0 Å². The van der Waals surface area contributed by atoms with Crippen LogP contribution in [0.15, 0.2) is 59.5 Å². The predicted octanol–water partition coefficient (Wildman–Crippen LogP) is 3.84. The Morgan fingerprint density at radius 2 is 1.62 bits per heavy atom. The van der Waals surface area contributed by atoms with E-state index in [9.17, 15) is 8.42 Å². The van der Waals surface area contributed by atoms with Crippen LogP contribution in [0.2, 0.25) is 0 Å². The fourth-order valence-electron chi connectivity index (χ4n) is 3.84. The Morgan fingerprint density at radius 1 is 0.931 bits per heavy atom. The Balaban J connectivity index is 1.74. The quantitative estimate of drug-likeness (QED) is 0.641. The fourth-order valence-corrected chi connectivity index (χ4v) is 4.73. The summed E-state index contributed by atoms with van der Waals surface area (Å²) in [6, 6.07) is 17.5. The van der Waals surface area contributed by atoms with E-state index in [-0.39, 0.29) is 5.75 Å². The molecule has 0 aliphatic carbocycles. The van der Waals surface area contributed by atoms with E-state index < -0.39 is 9.84 Å². The van der Waals surface area contributed by atoms with Crippen molar-refractivity contribution >= 4 is 26.4 Å². The first-order valence-electron chi connectivity index (χ1n) is 10.2. The highest BCUT2D eigenvalue weighted by molar-refractivity contribution is 7.91. The lowest BCUT2D eigenvalue weighted by Crippen LogP contribution is -2.46. The van der Waals surface area contributed by atoms with Crippen LogP contribution in [-0.4, -0.2) is 56.8 Å². The number of pyridine rings is 1. The molecular weight excluding hydrogens is 382 g/mol. The summed E-state index contributed by atoms with van der Waals surface area (Å²) < 4.78 is 24.2. The van der Waals surface area contributed by atoms with Crippen LogP contribution >= 0.6 is 0 Å². The second kappa shape index (κ2) is 8.13. The van der Waals surface area contributed by atoms with Gasteiger partial charge in [-0.1, -0.05) is 50.2 Å². The molecule has 1 aliphatic heterocycles. The van der Waals surface area contributed by atoms with Crippen LogP contribution < -0.4 is 4.90 Å². The maximum absolute atomic E-state index is 12.1.